The van der Waals surface area contributed by atoms with Gasteiger partial charge in [0.05, 0.1) is 24.9 Å². The molecule has 0 aliphatic carbocycles. The first kappa shape index (κ1) is 15.6. The molecule has 122 valence electrons. The van der Waals surface area contributed by atoms with Crippen LogP contribution in [0.2, 0.25) is 0 Å². The van der Waals surface area contributed by atoms with Gasteiger partial charge in [-0.1, -0.05) is 30.3 Å². The Morgan fingerprint density at radius 2 is 1.96 bits per heavy atom. The van der Waals surface area contributed by atoms with Crippen LogP contribution in [0.25, 0.3) is 11.3 Å². The van der Waals surface area contributed by atoms with Crippen molar-refractivity contribution in [2.45, 2.75) is 32.6 Å². The van der Waals surface area contributed by atoms with Crippen LogP contribution in [0.15, 0.2) is 40.9 Å². The third kappa shape index (κ3) is 3.90. The highest BCUT2D eigenvalue weighted by Crippen LogP contribution is 2.19. The smallest absolute Gasteiger partial charge is 0.318 e. The van der Waals surface area contributed by atoms with E-state index in [0.29, 0.717) is 24.7 Å². The number of urea groups is 1. The molecule has 1 aromatic carbocycles. The van der Waals surface area contributed by atoms with E-state index in [9.17, 15) is 4.79 Å². The summed E-state index contributed by atoms with van der Waals surface area (Å²) in [6.07, 6.45) is 1.78. The number of rotatable bonds is 3. The number of hydrogen-bond acceptors (Lipinski definition) is 4. The molecular weight excluding hydrogens is 294 g/mol. The molecule has 1 N–H and O–H groups in total. The van der Waals surface area contributed by atoms with Crippen molar-refractivity contribution >= 4 is 6.03 Å². The summed E-state index contributed by atoms with van der Waals surface area (Å²) in [6.45, 7) is 5.39. The van der Waals surface area contributed by atoms with E-state index < -0.39 is 0 Å². The Labute approximate surface area is 135 Å². The SMILES string of the molecule is C[C@@H]1CN(C(=O)NCc2ncc(-c3ccccc3)o2)C[C@H](C)O1. The van der Waals surface area contributed by atoms with Crippen LogP contribution in [-0.2, 0) is 11.3 Å². The average molecular weight is 315 g/mol. The summed E-state index contributed by atoms with van der Waals surface area (Å²) in [5, 5.41) is 2.85. The van der Waals surface area contributed by atoms with E-state index in [2.05, 4.69) is 10.3 Å². The number of aromatic nitrogens is 1. The highest BCUT2D eigenvalue weighted by Gasteiger charge is 2.25. The third-order valence-corrected chi connectivity index (χ3v) is 3.71. The molecule has 0 bridgehead atoms. The lowest BCUT2D eigenvalue weighted by molar-refractivity contribution is -0.0545. The van der Waals surface area contributed by atoms with Crippen LogP contribution in [0.5, 0.6) is 0 Å². The predicted octanol–water partition coefficient (Wildman–Crippen LogP) is 2.66. The van der Waals surface area contributed by atoms with Crippen molar-refractivity contribution in [3.63, 3.8) is 0 Å². The minimum absolute atomic E-state index is 0.0518. The zero-order chi connectivity index (χ0) is 16.2. The molecular formula is C17H21N3O3. The first-order valence-electron chi connectivity index (χ1n) is 7.80. The monoisotopic (exact) mass is 315 g/mol. The van der Waals surface area contributed by atoms with Crippen LogP contribution in [-0.4, -0.2) is 41.2 Å². The van der Waals surface area contributed by atoms with Crippen molar-refractivity contribution < 1.29 is 13.9 Å². The maximum atomic E-state index is 12.2. The lowest BCUT2D eigenvalue weighted by Crippen LogP contribution is -2.51. The molecule has 1 saturated heterocycles. The minimum atomic E-state index is -0.119. The van der Waals surface area contributed by atoms with Crippen LogP contribution in [0.1, 0.15) is 19.7 Å². The van der Waals surface area contributed by atoms with E-state index in [-0.39, 0.29) is 24.8 Å². The van der Waals surface area contributed by atoms with Gasteiger partial charge in [-0.3, -0.25) is 0 Å². The Balaban J connectivity index is 1.56. The lowest BCUT2D eigenvalue weighted by Gasteiger charge is -2.35. The normalized spacial score (nSPS) is 21.2. The van der Waals surface area contributed by atoms with E-state index in [0.717, 1.165) is 5.56 Å². The molecule has 6 heteroatoms. The van der Waals surface area contributed by atoms with Gasteiger partial charge in [-0.25, -0.2) is 9.78 Å². The summed E-state index contributed by atoms with van der Waals surface area (Å²) in [7, 11) is 0. The van der Waals surface area contributed by atoms with Crippen molar-refractivity contribution in [2.24, 2.45) is 0 Å². The molecule has 6 nitrogen and oxygen atoms in total. The summed E-state index contributed by atoms with van der Waals surface area (Å²) >= 11 is 0. The van der Waals surface area contributed by atoms with Crippen LogP contribution in [0.3, 0.4) is 0 Å². The van der Waals surface area contributed by atoms with E-state index in [4.69, 9.17) is 9.15 Å². The maximum absolute atomic E-state index is 12.2. The van der Waals surface area contributed by atoms with E-state index >= 15 is 0 Å². The quantitative estimate of drug-likeness (QED) is 0.945. The molecule has 2 amide bonds. The summed E-state index contributed by atoms with van der Waals surface area (Å²) < 4.78 is 11.3. The Morgan fingerprint density at radius 1 is 1.26 bits per heavy atom. The van der Waals surface area contributed by atoms with Crippen LogP contribution >= 0.6 is 0 Å². The maximum Gasteiger partial charge on any atom is 0.318 e. The number of hydrogen-bond donors (Lipinski definition) is 1. The van der Waals surface area contributed by atoms with Gasteiger partial charge >= 0.3 is 6.03 Å². The van der Waals surface area contributed by atoms with Crippen LogP contribution in [0, 0.1) is 0 Å². The summed E-state index contributed by atoms with van der Waals surface area (Å²) in [6, 6.07) is 9.64. The zero-order valence-corrected chi connectivity index (χ0v) is 13.4. The number of carbonyl (C=O) groups excluding carboxylic acids is 1. The number of benzene rings is 1. The van der Waals surface area contributed by atoms with Gasteiger partial charge in [0.1, 0.15) is 0 Å². The number of amides is 2. The number of morpholine rings is 1. The van der Waals surface area contributed by atoms with Gasteiger partial charge in [-0.05, 0) is 13.8 Å². The lowest BCUT2D eigenvalue weighted by atomic mass is 10.2. The van der Waals surface area contributed by atoms with E-state index in [1.165, 1.54) is 0 Å². The van der Waals surface area contributed by atoms with E-state index in [1.807, 2.05) is 44.2 Å². The van der Waals surface area contributed by atoms with Crippen molar-refractivity contribution in [1.29, 1.82) is 0 Å². The number of oxazole rings is 1. The second-order valence-corrected chi connectivity index (χ2v) is 5.81. The largest absolute Gasteiger partial charge is 0.439 e. The third-order valence-electron chi connectivity index (χ3n) is 3.71. The molecule has 2 aromatic rings. The summed E-state index contributed by atoms with van der Waals surface area (Å²) in [4.78, 5) is 18.2. The fourth-order valence-corrected chi connectivity index (χ4v) is 2.73. The Morgan fingerprint density at radius 3 is 2.65 bits per heavy atom. The molecule has 1 aliphatic heterocycles. The molecule has 1 aliphatic rings. The number of nitrogens with zero attached hydrogens (tertiary/aromatic N) is 2. The average Bonchev–Trinajstić information content (AvgIpc) is 3.01. The van der Waals surface area contributed by atoms with Crippen LogP contribution < -0.4 is 5.32 Å². The number of nitrogens with one attached hydrogen (secondary N) is 1. The Hall–Kier alpha value is -2.34. The molecule has 0 unspecified atom stereocenters. The summed E-state index contributed by atoms with van der Waals surface area (Å²) in [5.74, 6) is 1.19. The highest BCUT2D eigenvalue weighted by atomic mass is 16.5. The Bertz CT molecular complexity index is 646. The van der Waals surface area contributed by atoms with Gasteiger partial charge in [-0.15, -0.1) is 0 Å². The van der Waals surface area contributed by atoms with Crippen molar-refractivity contribution in [3.05, 3.63) is 42.4 Å². The number of carbonyl (C=O) groups is 1. The second kappa shape index (κ2) is 6.83. The van der Waals surface area contributed by atoms with Crippen LogP contribution in [0.4, 0.5) is 4.79 Å². The van der Waals surface area contributed by atoms with Gasteiger partial charge in [-0.2, -0.15) is 0 Å². The number of ether oxygens (including phenoxy) is 1. The molecule has 1 fully saturated rings. The first-order chi connectivity index (χ1) is 11.1. The topological polar surface area (TPSA) is 67.6 Å². The van der Waals surface area contributed by atoms with Gasteiger partial charge in [0, 0.05) is 18.7 Å². The summed E-state index contributed by atoms with van der Waals surface area (Å²) in [5.41, 5.74) is 0.966. The van der Waals surface area contributed by atoms with E-state index in [1.54, 1.807) is 11.1 Å². The highest BCUT2D eigenvalue weighted by molar-refractivity contribution is 5.74. The molecule has 0 saturated carbocycles. The minimum Gasteiger partial charge on any atom is -0.439 e. The predicted molar refractivity (Wildman–Crippen MR) is 85.8 cm³/mol. The van der Waals surface area contributed by atoms with Crippen molar-refractivity contribution in [1.82, 2.24) is 15.2 Å². The standard InChI is InChI=1S/C17H21N3O3/c1-12-10-20(11-13(2)22-12)17(21)19-9-16-18-8-15(23-16)14-6-4-3-5-7-14/h3-8,12-13H,9-11H2,1-2H3,(H,19,21)/t12-,13+. The van der Waals surface area contributed by atoms with Gasteiger partial charge in [0.25, 0.3) is 0 Å². The van der Waals surface area contributed by atoms with Crippen molar-refractivity contribution in [2.75, 3.05) is 13.1 Å². The van der Waals surface area contributed by atoms with Gasteiger partial charge < -0.3 is 19.4 Å². The second-order valence-electron chi connectivity index (χ2n) is 5.81. The molecule has 0 spiro atoms. The van der Waals surface area contributed by atoms with Gasteiger partial charge in [0.15, 0.2) is 5.76 Å². The first-order valence-corrected chi connectivity index (χ1v) is 7.80. The molecule has 0 radical (unpaired) electrons. The van der Waals surface area contributed by atoms with Gasteiger partial charge in [0.2, 0.25) is 5.89 Å². The zero-order valence-electron chi connectivity index (χ0n) is 13.4. The molecule has 1 aromatic heterocycles. The Kier molecular flexibility index (Phi) is 4.62. The fraction of sp³-hybridized carbons (Fsp3) is 0.412. The van der Waals surface area contributed by atoms with Crippen molar-refractivity contribution in [3.8, 4) is 11.3 Å². The molecule has 2 atom stereocenters. The molecule has 2 heterocycles. The molecule has 3 rings (SSSR count). The fourth-order valence-electron chi connectivity index (χ4n) is 2.73. The molecule has 23 heavy (non-hydrogen) atoms.